The van der Waals surface area contributed by atoms with E-state index in [1.54, 1.807) is 0 Å². The third kappa shape index (κ3) is 5.83. The van der Waals surface area contributed by atoms with E-state index in [2.05, 4.69) is 27.7 Å². The minimum Gasteiger partial charge on any atom is -0.325 e. The van der Waals surface area contributed by atoms with Crippen molar-refractivity contribution in [2.24, 2.45) is 11.1 Å². The molecule has 0 aliphatic heterocycles. The second kappa shape index (κ2) is 5.18. The molecule has 1 aromatic rings. The molecule has 96 valence electrons. The van der Waals surface area contributed by atoms with Crippen LogP contribution in [0.2, 0.25) is 0 Å². The van der Waals surface area contributed by atoms with Gasteiger partial charge in [0, 0.05) is 5.54 Å². The van der Waals surface area contributed by atoms with Gasteiger partial charge in [0.25, 0.3) is 0 Å². The molecule has 0 radical (unpaired) electrons. The summed E-state index contributed by atoms with van der Waals surface area (Å²) in [4.78, 5) is 0. The molecule has 2 heteroatoms. The van der Waals surface area contributed by atoms with E-state index in [-0.39, 0.29) is 11.4 Å². The molecule has 1 rings (SSSR count). The Morgan fingerprint density at radius 3 is 2.00 bits per heavy atom. The van der Waals surface area contributed by atoms with Crippen LogP contribution in [0.25, 0.3) is 0 Å². The Kier molecular flexibility index (Phi) is 4.31. The second-order valence-electron chi connectivity index (χ2n) is 6.52. The number of halogens is 1. The van der Waals surface area contributed by atoms with E-state index in [9.17, 15) is 4.39 Å². The van der Waals surface area contributed by atoms with E-state index in [0.29, 0.717) is 5.41 Å². The van der Waals surface area contributed by atoms with E-state index in [1.165, 1.54) is 12.1 Å². The molecule has 0 heterocycles. The van der Waals surface area contributed by atoms with E-state index in [4.69, 9.17) is 5.73 Å². The Hall–Kier alpha value is -0.890. The highest BCUT2D eigenvalue weighted by molar-refractivity contribution is 5.18. The maximum absolute atomic E-state index is 12.8. The minimum absolute atomic E-state index is 0.192. The third-order valence-electron chi connectivity index (χ3n) is 2.97. The van der Waals surface area contributed by atoms with E-state index >= 15 is 0 Å². The van der Waals surface area contributed by atoms with Crippen molar-refractivity contribution in [3.8, 4) is 0 Å². The van der Waals surface area contributed by atoms with Crippen molar-refractivity contribution in [1.82, 2.24) is 0 Å². The average Bonchev–Trinajstić information content (AvgIpc) is 2.18. The standard InChI is InChI=1S/C15H24FN/c1-14(2,3)9-10-15(4,17)11-12-5-7-13(16)8-6-12/h5-8H,9-11,17H2,1-4H3. The molecule has 0 fully saturated rings. The van der Waals surface area contributed by atoms with Gasteiger partial charge >= 0.3 is 0 Å². The summed E-state index contributed by atoms with van der Waals surface area (Å²) < 4.78 is 12.8. The Balaban J connectivity index is 2.57. The lowest BCUT2D eigenvalue weighted by molar-refractivity contribution is 0.303. The predicted molar refractivity (Wildman–Crippen MR) is 71.4 cm³/mol. The first-order chi connectivity index (χ1) is 7.68. The first kappa shape index (κ1) is 14.2. The molecular weight excluding hydrogens is 213 g/mol. The van der Waals surface area contributed by atoms with Crippen LogP contribution in [-0.4, -0.2) is 5.54 Å². The van der Waals surface area contributed by atoms with Gasteiger partial charge in [0.1, 0.15) is 5.82 Å². The first-order valence-corrected chi connectivity index (χ1v) is 6.21. The molecule has 1 nitrogen and oxygen atoms in total. The van der Waals surface area contributed by atoms with Gasteiger partial charge in [-0.05, 0) is 49.3 Å². The summed E-state index contributed by atoms with van der Waals surface area (Å²) in [6, 6.07) is 6.62. The fraction of sp³-hybridized carbons (Fsp3) is 0.600. The van der Waals surface area contributed by atoms with Crippen molar-refractivity contribution in [2.45, 2.75) is 52.5 Å². The molecule has 17 heavy (non-hydrogen) atoms. The summed E-state index contributed by atoms with van der Waals surface area (Å²) in [6.07, 6.45) is 2.87. The predicted octanol–water partition coefficient (Wildman–Crippen LogP) is 3.91. The van der Waals surface area contributed by atoms with Crippen molar-refractivity contribution in [3.05, 3.63) is 35.6 Å². The average molecular weight is 237 g/mol. The Bertz CT molecular complexity index is 346. The molecule has 1 aromatic carbocycles. The molecule has 0 bridgehead atoms. The van der Waals surface area contributed by atoms with Crippen LogP contribution < -0.4 is 5.73 Å². The monoisotopic (exact) mass is 237 g/mol. The summed E-state index contributed by atoms with van der Waals surface area (Å²) in [5.41, 5.74) is 7.49. The first-order valence-electron chi connectivity index (χ1n) is 6.21. The van der Waals surface area contributed by atoms with Gasteiger partial charge in [-0.15, -0.1) is 0 Å². The molecule has 0 aliphatic carbocycles. The van der Waals surface area contributed by atoms with Crippen LogP contribution in [0, 0.1) is 11.2 Å². The van der Waals surface area contributed by atoms with E-state index in [1.807, 2.05) is 12.1 Å². The molecule has 0 saturated heterocycles. The Morgan fingerprint density at radius 2 is 1.53 bits per heavy atom. The van der Waals surface area contributed by atoms with Crippen LogP contribution in [-0.2, 0) is 6.42 Å². The maximum atomic E-state index is 12.8. The lowest BCUT2D eigenvalue weighted by Gasteiger charge is -2.29. The minimum atomic E-state index is -0.217. The number of hydrogen-bond acceptors (Lipinski definition) is 1. The zero-order valence-electron chi connectivity index (χ0n) is 11.4. The SMILES string of the molecule is CC(C)(C)CCC(C)(N)Cc1ccc(F)cc1. The van der Waals surface area contributed by atoms with E-state index < -0.39 is 0 Å². The smallest absolute Gasteiger partial charge is 0.123 e. The van der Waals surface area contributed by atoms with Crippen LogP contribution in [0.15, 0.2) is 24.3 Å². The highest BCUT2D eigenvalue weighted by Gasteiger charge is 2.22. The highest BCUT2D eigenvalue weighted by atomic mass is 19.1. The highest BCUT2D eigenvalue weighted by Crippen LogP contribution is 2.26. The van der Waals surface area contributed by atoms with Crippen LogP contribution >= 0.6 is 0 Å². The summed E-state index contributed by atoms with van der Waals surface area (Å²) in [5, 5.41) is 0. The van der Waals surface area contributed by atoms with Gasteiger partial charge in [-0.3, -0.25) is 0 Å². The zero-order valence-corrected chi connectivity index (χ0v) is 11.4. The topological polar surface area (TPSA) is 26.0 Å². The normalized spacial score (nSPS) is 15.6. The fourth-order valence-electron chi connectivity index (χ4n) is 1.82. The molecule has 1 unspecified atom stereocenters. The van der Waals surface area contributed by atoms with Gasteiger partial charge in [0.2, 0.25) is 0 Å². The van der Waals surface area contributed by atoms with Crippen LogP contribution in [0.1, 0.15) is 46.1 Å². The quantitative estimate of drug-likeness (QED) is 0.844. The van der Waals surface area contributed by atoms with Gasteiger partial charge in [-0.2, -0.15) is 0 Å². The van der Waals surface area contributed by atoms with Crippen molar-refractivity contribution in [3.63, 3.8) is 0 Å². The molecule has 0 aliphatic rings. The summed E-state index contributed by atoms with van der Waals surface area (Å²) in [6.45, 7) is 8.74. The van der Waals surface area contributed by atoms with Crippen molar-refractivity contribution in [2.75, 3.05) is 0 Å². The van der Waals surface area contributed by atoms with Crippen LogP contribution in [0.5, 0.6) is 0 Å². The molecule has 0 spiro atoms. The maximum Gasteiger partial charge on any atom is 0.123 e. The second-order valence-corrected chi connectivity index (χ2v) is 6.52. The van der Waals surface area contributed by atoms with Gasteiger partial charge in [0.05, 0.1) is 0 Å². The van der Waals surface area contributed by atoms with Gasteiger partial charge < -0.3 is 5.73 Å². The van der Waals surface area contributed by atoms with Gasteiger partial charge in [-0.25, -0.2) is 4.39 Å². The van der Waals surface area contributed by atoms with Gasteiger partial charge in [0.15, 0.2) is 0 Å². The largest absolute Gasteiger partial charge is 0.325 e. The summed E-state index contributed by atoms with van der Waals surface area (Å²) in [7, 11) is 0. The Morgan fingerprint density at radius 1 is 1.00 bits per heavy atom. The van der Waals surface area contributed by atoms with Crippen molar-refractivity contribution in [1.29, 1.82) is 0 Å². The number of benzene rings is 1. The van der Waals surface area contributed by atoms with Crippen molar-refractivity contribution < 1.29 is 4.39 Å². The molecule has 0 aromatic heterocycles. The molecular formula is C15H24FN. The lowest BCUT2D eigenvalue weighted by Crippen LogP contribution is -2.39. The summed E-state index contributed by atoms with van der Waals surface area (Å²) in [5.74, 6) is -0.192. The number of rotatable bonds is 4. The zero-order chi connectivity index (χ0) is 13.1. The van der Waals surface area contributed by atoms with Crippen LogP contribution in [0.3, 0.4) is 0 Å². The summed E-state index contributed by atoms with van der Waals surface area (Å²) >= 11 is 0. The number of nitrogens with two attached hydrogens (primary N) is 1. The third-order valence-corrected chi connectivity index (χ3v) is 2.97. The fourth-order valence-corrected chi connectivity index (χ4v) is 1.82. The lowest BCUT2D eigenvalue weighted by atomic mass is 9.82. The van der Waals surface area contributed by atoms with Gasteiger partial charge in [-0.1, -0.05) is 32.9 Å². The number of hydrogen-bond donors (Lipinski definition) is 1. The van der Waals surface area contributed by atoms with E-state index in [0.717, 1.165) is 24.8 Å². The van der Waals surface area contributed by atoms with Crippen LogP contribution in [0.4, 0.5) is 4.39 Å². The molecule has 1 atom stereocenters. The Labute approximate surface area is 104 Å². The molecule has 0 saturated carbocycles. The van der Waals surface area contributed by atoms with Crippen molar-refractivity contribution >= 4 is 0 Å². The molecule has 2 N–H and O–H groups in total. The molecule has 0 amide bonds.